The van der Waals surface area contributed by atoms with Gasteiger partial charge < -0.3 is 4.57 Å². The number of thioether (sulfide) groups is 1. The first-order valence-corrected chi connectivity index (χ1v) is 12.0. The van der Waals surface area contributed by atoms with Crippen LogP contribution in [0, 0.1) is 26.2 Å². The number of hydrogen-bond acceptors (Lipinski definition) is 4. The van der Waals surface area contributed by atoms with Crippen LogP contribution in [0.15, 0.2) is 70.3 Å². The van der Waals surface area contributed by atoms with Crippen molar-refractivity contribution in [3.05, 3.63) is 93.3 Å². The number of carbonyl (C=O) groups excluding carboxylic acids is 1. The molecule has 1 N–H and O–H groups in total. The number of carbonyl (C=O) groups is 1. The largest absolute Gasteiger partial charge is 0.318 e. The van der Waals surface area contributed by atoms with E-state index in [0.717, 1.165) is 33.2 Å². The number of nitrogens with one attached hydrogen (secondary N) is 1. The van der Waals surface area contributed by atoms with E-state index in [1.807, 2.05) is 50.2 Å². The van der Waals surface area contributed by atoms with Crippen LogP contribution >= 0.6 is 23.4 Å². The third-order valence-electron chi connectivity index (χ3n) is 5.79. The van der Waals surface area contributed by atoms with E-state index in [0.29, 0.717) is 16.6 Å². The lowest BCUT2D eigenvalue weighted by Crippen LogP contribution is -2.35. The zero-order valence-corrected chi connectivity index (χ0v) is 20.5. The van der Waals surface area contributed by atoms with Crippen LogP contribution in [-0.4, -0.2) is 31.5 Å². The second kappa shape index (κ2) is 8.74. The average Bonchev–Trinajstić information content (AvgIpc) is 3.32. The van der Waals surface area contributed by atoms with Gasteiger partial charge in [0.15, 0.2) is 5.84 Å². The van der Waals surface area contributed by atoms with E-state index in [2.05, 4.69) is 39.8 Å². The Hall–Kier alpha value is -3.42. The third-order valence-corrected chi connectivity index (χ3v) is 6.96. The van der Waals surface area contributed by atoms with Gasteiger partial charge in [-0.1, -0.05) is 35.9 Å². The molecule has 3 aromatic rings. The minimum Gasteiger partial charge on any atom is -0.318 e. The lowest BCUT2D eigenvalue weighted by molar-refractivity contribution is -0.114. The molecule has 0 radical (unpaired) electrons. The van der Waals surface area contributed by atoms with E-state index >= 15 is 0 Å². The van der Waals surface area contributed by atoms with Crippen molar-refractivity contribution in [2.75, 3.05) is 0 Å². The van der Waals surface area contributed by atoms with Crippen LogP contribution in [0.1, 0.15) is 28.1 Å². The highest BCUT2D eigenvalue weighted by molar-refractivity contribution is 8.26. The summed E-state index contributed by atoms with van der Waals surface area (Å²) in [6, 6.07) is 17.9. The Balaban J connectivity index is 1.45. The first kappa shape index (κ1) is 22.4. The van der Waals surface area contributed by atoms with Crippen molar-refractivity contribution in [2.45, 2.75) is 27.2 Å². The van der Waals surface area contributed by atoms with Gasteiger partial charge in [0.05, 0.1) is 5.57 Å². The van der Waals surface area contributed by atoms with Gasteiger partial charge in [-0.05, 0) is 85.6 Å². The second-order valence-corrected chi connectivity index (χ2v) is 9.79. The monoisotopic (exact) mass is 487 g/mol. The van der Waals surface area contributed by atoms with Crippen molar-refractivity contribution in [1.82, 2.24) is 9.58 Å². The number of amidine groups is 2. The average molecular weight is 488 g/mol. The van der Waals surface area contributed by atoms with E-state index in [4.69, 9.17) is 17.0 Å². The Morgan fingerprint density at radius 1 is 1.09 bits per heavy atom. The number of amides is 1. The van der Waals surface area contributed by atoms with E-state index in [1.165, 1.54) is 22.3 Å². The van der Waals surface area contributed by atoms with Crippen molar-refractivity contribution in [3.63, 3.8) is 0 Å². The van der Waals surface area contributed by atoms with Gasteiger partial charge in [-0.25, -0.2) is 0 Å². The Morgan fingerprint density at radius 3 is 2.59 bits per heavy atom. The first-order valence-electron chi connectivity index (χ1n) is 10.8. The van der Waals surface area contributed by atoms with Gasteiger partial charge in [0.2, 0.25) is 5.17 Å². The molecule has 0 saturated carbocycles. The molecular weight excluding hydrogens is 466 g/mol. The number of halogens is 1. The first-order chi connectivity index (χ1) is 16.3. The fraction of sp³-hybridized carbons (Fsp3) is 0.154. The SMILES string of the molecule is Cc1cccc(-n2c(C)cc(/C=C3/C(=N)N4N=C(Cc5ccc(Cl)cc5)SC4=NC3=O)c2C)c1. The van der Waals surface area contributed by atoms with Crippen LogP contribution < -0.4 is 0 Å². The van der Waals surface area contributed by atoms with Crippen molar-refractivity contribution >= 4 is 51.4 Å². The molecule has 6 nitrogen and oxygen atoms in total. The number of hydrazone groups is 1. The molecule has 0 bridgehead atoms. The van der Waals surface area contributed by atoms with Crippen molar-refractivity contribution in [3.8, 4) is 5.69 Å². The molecule has 0 spiro atoms. The molecule has 0 atom stereocenters. The molecule has 0 fully saturated rings. The van der Waals surface area contributed by atoms with Gasteiger partial charge in [0.1, 0.15) is 5.04 Å². The number of aromatic nitrogens is 1. The summed E-state index contributed by atoms with van der Waals surface area (Å²) in [6.07, 6.45) is 2.33. The zero-order chi connectivity index (χ0) is 24.0. The predicted octanol–water partition coefficient (Wildman–Crippen LogP) is 5.92. The molecule has 170 valence electrons. The number of aryl methyl sites for hydroxylation is 2. The predicted molar refractivity (Wildman–Crippen MR) is 140 cm³/mol. The maximum absolute atomic E-state index is 12.9. The minimum absolute atomic E-state index is 0.0361. The highest BCUT2D eigenvalue weighted by atomic mass is 35.5. The van der Waals surface area contributed by atoms with Gasteiger partial charge in [-0.3, -0.25) is 10.2 Å². The second-order valence-electron chi connectivity index (χ2n) is 8.32. The van der Waals surface area contributed by atoms with Crippen LogP contribution in [-0.2, 0) is 11.2 Å². The summed E-state index contributed by atoms with van der Waals surface area (Å²) in [7, 11) is 0. The summed E-state index contributed by atoms with van der Waals surface area (Å²) in [6.45, 7) is 6.11. The molecule has 1 amide bonds. The van der Waals surface area contributed by atoms with Crippen molar-refractivity contribution < 1.29 is 4.79 Å². The quantitative estimate of drug-likeness (QED) is 0.464. The Labute approximate surface area is 207 Å². The minimum atomic E-state index is -0.424. The molecule has 5 rings (SSSR count). The molecule has 0 unspecified atom stereocenters. The van der Waals surface area contributed by atoms with Crippen molar-refractivity contribution in [1.29, 1.82) is 5.41 Å². The standard InChI is InChI=1S/C26H22ClN5OS/c1-15-5-4-6-21(11-15)31-16(2)12-19(17(31)3)14-22-24(28)32-26(29-25(22)33)34-23(30-32)13-18-7-9-20(27)10-8-18/h4-12,14,28H,13H2,1-3H3/b22-14-,28-24?. The van der Waals surface area contributed by atoms with Crippen LogP contribution in [0.2, 0.25) is 5.02 Å². The molecular formula is C26H22ClN5OS. The van der Waals surface area contributed by atoms with Crippen LogP contribution in [0.3, 0.4) is 0 Å². The van der Waals surface area contributed by atoms with Crippen molar-refractivity contribution in [2.24, 2.45) is 10.1 Å². The maximum atomic E-state index is 12.9. The van der Waals surface area contributed by atoms with E-state index in [1.54, 1.807) is 6.08 Å². The lowest BCUT2D eigenvalue weighted by Gasteiger charge is -2.20. The zero-order valence-electron chi connectivity index (χ0n) is 19.0. The van der Waals surface area contributed by atoms with E-state index in [9.17, 15) is 4.79 Å². The fourth-order valence-corrected chi connectivity index (χ4v) is 5.18. The third kappa shape index (κ3) is 4.13. The summed E-state index contributed by atoms with van der Waals surface area (Å²) >= 11 is 7.29. The summed E-state index contributed by atoms with van der Waals surface area (Å²) in [4.78, 5) is 17.1. The molecule has 2 aliphatic heterocycles. The number of nitrogens with zero attached hydrogens (tertiary/aromatic N) is 4. The number of benzene rings is 2. The van der Waals surface area contributed by atoms with Crippen LogP contribution in [0.5, 0.6) is 0 Å². The van der Waals surface area contributed by atoms with E-state index < -0.39 is 5.91 Å². The smallest absolute Gasteiger partial charge is 0.283 e. The molecule has 8 heteroatoms. The topological polar surface area (TPSA) is 73.8 Å². The number of aliphatic imine (C=N–C) groups is 1. The molecule has 2 aliphatic rings. The van der Waals surface area contributed by atoms with Crippen LogP contribution in [0.4, 0.5) is 0 Å². The lowest BCUT2D eigenvalue weighted by atomic mass is 10.1. The van der Waals surface area contributed by atoms with Gasteiger partial charge in [0, 0.05) is 28.5 Å². The summed E-state index contributed by atoms with van der Waals surface area (Å²) in [5, 5.41) is 16.6. The molecule has 0 saturated heterocycles. The highest BCUT2D eigenvalue weighted by Gasteiger charge is 2.35. The number of hydrogen-bond donors (Lipinski definition) is 1. The normalized spacial score (nSPS) is 16.7. The highest BCUT2D eigenvalue weighted by Crippen LogP contribution is 2.31. The molecule has 0 aliphatic carbocycles. The summed E-state index contributed by atoms with van der Waals surface area (Å²) < 4.78 is 2.15. The maximum Gasteiger partial charge on any atom is 0.283 e. The Bertz CT molecular complexity index is 1430. The van der Waals surface area contributed by atoms with Gasteiger partial charge in [-0.15, -0.1) is 0 Å². The fourth-order valence-electron chi connectivity index (χ4n) is 4.13. The van der Waals surface area contributed by atoms with Gasteiger partial charge in [-0.2, -0.15) is 15.1 Å². The number of fused-ring (bicyclic) bond motifs is 1. The van der Waals surface area contributed by atoms with Crippen LogP contribution in [0.25, 0.3) is 11.8 Å². The number of rotatable bonds is 4. The summed E-state index contributed by atoms with van der Waals surface area (Å²) in [5.74, 6) is -0.388. The van der Waals surface area contributed by atoms with E-state index in [-0.39, 0.29) is 11.4 Å². The summed E-state index contributed by atoms with van der Waals surface area (Å²) in [5.41, 5.74) is 6.44. The van der Waals surface area contributed by atoms with Gasteiger partial charge >= 0.3 is 0 Å². The molecule has 2 aromatic carbocycles. The molecule has 3 heterocycles. The Kier molecular flexibility index (Phi) is 5.75. The molecule has 34 heavy (non-hydrogen) atoms. The molecule has 1 aromatic heterocycles. The van der Waals surface area contributed by atoms with Gasteiger partial charge in [0.25, 0.3) is 5.91 Å². The Morgan fingerprint density at radius 2 is 1.85 bits per heavy atom.